The Bertz CT molecular complexity index is 365. The molecule has 0 saturated carbocycles. The minimum atomic E-state index is -4.63. The first kappa shape index (κ1) is 9.39. The highest BCUT2D eigenvalue weighted by Gasteiger charge is 2.34. The highest BCUT2D eigenvalue weighted by atomic mass is 19.4. The predicted molar refractivity (Wildman–Crippen MR) is 37.8 cm³/mol. The van der Waals surface area contributed by atoms with Gasteiger partial charge in [0.05, 0.1) is 11.1 Å². The van der Waals surface area contributed by atoms with Gasteiger partial charge in [0.2, 0.25) is 0 Å². The Morgan fingerprint density at radius 2 is 1.92 bits per heavy atom. The van der Waals surface area contributed by atoms with Gasteiger partial charge in [-0.15, -0.1) is 0 Å². The molecule has 5 heteroatoms. The third-order valence-corrected chi connectivity index (χ3v) is 1.46. The highest BCUT2D eigenvalue weighted by molar-refractivity contribution is 5.48. The van der Waals surface area contributed by atoms with E-state index in [1.54, 1.807) is 0 Å². The molecule has 1 aromatic carbocycles. The molecule has 0 fully saturated rings. The van der Waals surface area contributed by atoms with Gasteiger partial charge in [0.1, 0.15) is 11.8 Å². The number of nitriles is 1. The minimum absolute atomic E-state index is 0.380. The van der Waals surface area contributed by atoms with Crippen molar-refractivity contribution in [2.24, 2.45) is 0 Å². The van der Waals surface area contributed by atoms with Crippen molar-refractivity contribution in [3.8, 4) is 11.8 Å². The summed E-state index contributed by atoms with van der Waals surface area (Å²) in [6.07, 6.45) is -4.63. The van der Waals surface area contributed by atoms with Crippen LogP contribution in [0.4, 0.5) is 13.2 Å². The average Bonchev–Trinajstić information content (AvgIpc) is 2.02. The summed E-state index contributed by atoms with van der Waals surface area (Å²) in [7, 11) is 0. The third-order valence-electron chi connectivity index (χ3n) is 1.46. The van der Waals surface area contributed by atoms with E-state index in [9.17, 15) is 13.2 Å². The molecule has 0 atom stereocenters. The lowest BCUT2D eigenvalue weighted by Crippen LogP contribution is -2.05. The summed E-state index contributed by atoms with van der Waals surface area (Å²) in [6.45, 7) is 0. The number of halogens is 3. The van der Waals surface area contributed by atoms with Crippen LogP contribution in [-0.2, 0) is 6.18 Å². The van der Waals surface area contributed by atoms with E-state index in [1.165, 1.54) is 6.07 Å². The van der Waals surface area contributed by atoms with Gasteiger partial charge in [-0.3, -0.25) is 0 Å². The van der Waals surface area contributed by atoms with Crippen molar-refractivity contribution in [3.63, 3.8) is 0 Å². The van der Waals surface area contributed by atoms with Crippen LogP contribution in [0.15, 0.2) is 18.2 Å². The normalized spacial score (nSPS) is 10.9. The Morgan fingerprint density at radius 1 is 1.31 bits per heavy atom. The molecule has 2 nitrogen and oxygen atoms in total. The molecule has 13 heavy (non-hydrogen) atoms. The summed E-state index contributed by atoms with van der Waals surface area (Å²) in [6, 6.07) is 4.36. The molecule has 0 radical (unpaired) electrons. The van der Waals surface area contributed by atoms with E-state index in [-0.39, 0.29) is 5.56 Å². The van der Waals surface area contributed by atoms with Crippen molar-refractivity contribution >= 4 is 0 Å². The molecule has 0 heterocycles. The molecule has 0 aliphatic carbocycles. The summed E-state index contributed by atoms with van der Waals surface area (Å²) in [5, 5.41) is 17.3. The molecule has 0 bridgehead atoms. The second kappa shape index (κ2) is 2.98. The van der Waals surface area contributed by atoms with Crippen molar-refractivity contribution in [3.05, 3.63) is 29.3 Å². The van der Waals surface area contributed by atoms with Crippen LogP contribution in [0.3, 0.4) is 0 Å². The number of phenolic OH excluding ortho intramolecular Hbond substituents is 1. The number of phenols is 1. The molecule has 1 rings (SSSR count). The van der Waals surface area contributed by atoms with E-state index in [1.807, 2.05) is 0 Å². The van der Waals surface area contributed by atoms with E-state index >= 15 is 0 Å². The van der Waals surface area contributed by atoms with Gasteiger partial charge in [0, 0.05) is 0 Å². The van der Waals surface area contributed by atoms with Gasteiger partial charge >= 0.3 is 6.18 Å². The number of hydrogen-bond acceptors (Lipinski definition) is 2. The van der Waals surface area contributed by atoms with E-state index in [2.05, 4.69) is 0 Å². The van der Waals surface area contributed by atoms with Crippen LogP contribution in [0.5, 0.6) is 5.75 Å². The zero-order chi connectivity index (χ0) is 10.1. The second-order valence-corrected chi connectivity index (χ2v) is 2.31. The Labute approximate surface area is 71.8 Å². The molecule has 1 aromatic rings. The Balaban J connectivity index is 3.34. The van der Waals surface area contributed by atoms with E-state index < -0.39 is 17.5 Å². The first-order chi connectivity index (χ1) is 5.96. The molecule has 68 valence electrons. The van der Waals surface area contributed by atoms with Gasteiger partial charge in [-0.2, -0.15) is 18.4 Å². The fraction of sp³-hybridized carbons (Fsp3) is 0.125. The highest BCUT2D eigenvalue weighted by Crippen LogP contribution is 2.36. The monoisotopic (exact) mass is 187 g/mol. The van der Waals surface area contributed by atoms with Crippen molar-refractivity contribution in [1.29, 1.82) is 5.26 Å². The molecular weight excluding hydrogens is 183 g/mol. The van der Waals surface area contributed by atoms with Crippen LogP contribution in [0.2, 0.25) is 0 Å². The lowest BCUT2D eigenvalue weighted by atomic mass is 10.1. The van der Waals surface area contributed by atoms with Crippen LogP contribution < -0.4 is 0 Å². The molecule has 0 amide bonds. The van der Waals surface area contributed by atoms with Crippen molar-refractivity contribution < 1.29 is 18.3 Å². The molecule has 0 unspecified atom stereocenters. The zero-order valence-corrected chi connectivity index (χ0v) is 6.26. The Hall–Kier alpha value is -1.70. The average molecular weight is 187 g/mol. The lowest BCUT2D eigenvalue weighted by molar-refractivity contribution is -0.138. The number of aromatic hydroxyl groups is 1. The third kappa shape index (κ3) is 1.72. The fourth-order valence-corrected chi connectivity index (χ4v) is 0.862. The standard InChI is InChI=1S/C8H4F3NO/c9-8(10,11)6-3-1-2-5(4-12)7(6)13/h1-3,13H. The number of benzene rings is 1. The van der Waals surface area contributed by atoms with Crippen LogP contribution >= 0.6 is 0 Å². The van der Waals surface area contributed by atoms with Crippen LogP contribution in [0.25, 0.3) is 0 Å². The lowest BCUT2D eigenvalue weighted by Gasteiger charge is -2.08. The van der Waals surface area contributed by atoms with Crippen LogP contribution in [-0.4, -0.2) is 5.11 Å². The summed E-state index contributed by atoms with van der Waals surface area (Å²) < 4.78 is 36.3. The number of alkyl halides is 3. The number of para-hydroxylation sites is 1. The summed E-state index contributed by atoms with van der Waals surface area (Å²) >= 11 is 0. The maximum atomic E-state index is 12.1. The maximum Gasteiger partial charge on any atom is 0.420 e. The SMILES string of the molecule is N#Cc1cccc(C(F)(F)F)c1O. The minimum Gasteiger partial charge on any atom is -0.506 e. The number of hydrogen-bond donors (Lipinski definition) is 1. The van der Waals surface area contributed by atoms with Crippen LogP contribution in [0, 0.1) is 11.3 Å². The summed E-state index contributed by atoms with van der Waals surface area (Å²) in [5.74, 6) is -1.02. The largest absolute Gasteiger partial charge is 0.506 e. The van der Waals surface area contributed by atoms with Crippen molar-refractivity contribution in [2.45, 2.75) is 6.18 Å². The molecule has 0 aromatic heterocycles. The fourth-order valence-electron chi connectivity index (χ4n) is 0.862. The zero-order valence-electron chi connectivity index (χ0n) is 6.26. The van der Waals surface area contributed by atoms with E-state index in [4.69, 9.17) is 10.4 Å². The topological polar surface area (TPSA) is 44.0 Å². The molecular formula is C8H4F3NO. The Kier molecular flexibility index (Phi) is 2.15. The van der Waals surface area contributed by atoms with E-state index in [0.29, 0.717) is 0 Å². The van der Waals surface area contributed by atoms with Crippen LogP contribution in [0.1, 0.15) is 11.1 Å². The van der Waals surface area contributed by atoms with Gasteiger partial charge in [-0.1, -0.05) is 6.07 Å². The molecule has 1 N–H and O–H groups in total. The van der Waals surface area contributed by atoms with Gasteiger partial charge < -0.3 is 5.11 Å². The number of nitrogens with zero attached hydrogens (tertiary/aromatic N) is 1. The van der Waals surface area contributed by atoms with E-state index in [0.717, 1.165) is 18.2 Å². The van der Waals surface area contributed by atoms with Gasteiger partial charge in [-0.25, -0.2) is 0 Å². The smallest absolute Gasteiger partial charge is 0.420 e. The molecule has 0 saturated heterocycles. The first-order valence-electron chi connectivity index (χ1n) is 3.26. The van der Waals surface area contributed by atoms with Gasteiger partial charge in [-0.05, 0) is 12.1 Å². The van der Waals surface area contributed by atoms with Gasteiger partial charge in [0.25, 0.3) is 0 Å². The van der Waals surface area contributed by atoms with Crippen molar-refractivity contribution in [1.82, 2.24) is 0 Å². The molecule has 0 spiro atoms. The summed E-state index contributed by atoms with van der Waals surface area (Å²) in [5.41, 5.74) is -1.57. The first-order valence-corrected chi connectivity index (χ1v) is 3.26. The predicted octanol–water partition coefficient (Wildman–Crippen LogP) is 2.28. The molecule has 0 aliphatic rings. The quantitative estimate of drug-likeness (QED) is 0.677. The summed E-state index contributed by atoms with van der Waals surface area (Å²) in [4.78, 5) is 0. The second-order valence-electron chi connectivity index (χ2n) is 2.31. The number of rotatable bonds is 0. The Morgan fingerprint density at radius 3 is 2.38 bits per heavy atom. The maximum absolute atomic E-state index is 12.1. The molecule has 0 aliphatic heterocycles. The van der Waals surface area contributed by atoms with Gasteiger partial charge in [0.15, 0.2) is 0 Å². The van der Waals surface area contributed by atoms with Crippen molar-refractivity contribution in [2.75, 3.05) is 0 Å².